The van der Waals surface area contributed by atoms with E-state index in [2.05, 4.69) is 10.3 Å². The fourth-order valence-corrected chi connectivity index (χ4v) is 2.35. The summed E-state index contributed by atoms with van der Waals surface area (Å²) >= 11 is 0. The van der Waals surface area contributed by atoms with Gasteiger partial charge in [-0.05, 0) is 35.2 Å². The van der Waals surface area contributed by atoms with Crippen molar-refractivity contribution in [3.05, 3.63) is 76.2 Å². The molecule has 0 aliphatic heterocycles. The number of hydrogen-bond donors (Lipinski definition) is 2. The second-order valence-electron chi connectivity index (χ2n) is 5.13. The molecule has 0 fully saturated rings. The molecule has 116 valence electrons. The number of ether oxygens (including phenoxy) is 1. The van der Waals surface area contributed by atoms with Crippen molar-refractivity contribution in [2.75, 3.05) is 7.11 Å². The molecule has 2 aromatic carbocycles. The van der Waals surface area contributed by atoms with E-state index < -0.39 is 0 Å². The molecule has 1 aromatic heterocycles. The summed E-state index contributed by atoms with van der Waals surface area (Å²) in [6.45, 7) is 0.373. The van der Waals surface area contributed by atoms with Gasteiger partial charge in [-0.2, -0.15) is 0 Å². The molecule has 0 unspecified atom stereocenters. The average molecular weight is 308 g/mol. The van der Waals surface area contributed by atoms with Crippen molar-refractivity contribution in [1.29, 1.82) is 0 Å². The third-order valence-corrected chi connectivity index (χ3v) is 3.61. The van der Waals surface area contributed by atoms with Crippen LogP contribution in [-0.2, 0) is 6.54 Å². The molecular weight excluding hydrogens is 292 g/mol. The molecule has 2 N–H and O–H groups in total. The van der Waals surface area contributed by atoms with Gasteiger partial charge in [0.05, 0.1) is 7.11 Å². The van der Waals surface area contributed by atoms with Gasteiger partial charge in [0.1, 0.15) is 11.4 Å². The molecule has 5 heteroatoms. The molecule has 3 rings (SSSR count). The third-order valence-electron chi connectivity index (χ3n) is 3.61. The number of amides is 1. The molecule has 0 aliphatic carbocycles. The molecule has 0 aliphatic rings. The highest BCUT2D eigenvalue weighted by molar-refractivity contribution is 5.96. The highest BCUT2D eigenvalue weighted by atomic mass is 16.5. The summed E-state index contributed by atoms with van der Waals surface area (Å²) < 4.78 is 5.09. The molecule has 5 nitrogen and oxygen atoms in total. The van der Waals surface area contributed by atoms with Gasteiger partial charge in [-0.15, -0.1) is 0 Å². The number of pyridine rings is 1. The quantitative estimate of drug-likeness (QED) is 0.778. The Balaban J connectivity index is 1.76. The van der Waals surface area contributed by atoms with Gasteiger partial charge in [0.25, 0.3) is 11.5 Å². The number of methoxy groups -OCH3 is 1. The van der Waals surface area contributed by atoms with Crippen LogP contribution in [0, 0.1) is 0 Å². The number of carbonyl (C=O) groups is 1. The van der Waals surface area contributed by atoms with E-state index in [0.29, 0.717) is 11.9 Å². The zero-order valence-electron chi connectivity index (χ0n) is 12.6. The fraction of sp³-hybridized carbons (Fsp3) is 0.111. The van der Waals surface area contributed by atoms with Crippen molar-refractivity contribution in [2.45, 2.75) is 6.54 Å². The van der Waals surface area contributed by atoms with Gasteiger partial charge in [0.15, 0.2) is 0 Å². The predicted octanol–water partition coefficient (Wildman–Crippen LogP) is 2.47. The lowest BCUT2D eigenvalue weighted by molar-refractivity contribution is 0.0946. The van der Waals surface area contributed by atoms with Crippen LogP contribution in [0.2, 0.25) is 0 Å². The van der Waals surface area contributed by atoms with Crippen molar-refractivity contribution in [3.63, 3.8) is 0 Å². The molecule has 1 amide bonds. The van der Waals surface area contributed by atoms with E-state index in [1.54, 1.807) is 25.3 Å². The fourth-order valence-electron chi connectivity index (χ4n) is 2.35. The second kappa shape index (κ2) is 6.36. The zero-order chi connectivity index (χ0) is 16.2. The summed E-state index contributed by atoms with van der Waals surface area (Å²) in [5.74, 6) is 0.447. The Labute approximate surface area is 132 Å². The number of carbonyl (C=O) groups excluding carboxylic acids is 1. The molecule has 0 bridgehead atoms. The molecule has 0 spiro atoms. The zero-order valence-corrected chi connectivity index (χ0v) is 12.6. The van der Waals surface area contributed by atoms with E-state index >= 15 is 0 Å². The lowest BCUT2D eigenvalue weighted by Gasteiger charge is -2.07. The topological polar surface area (TPSA) is 71.2 Å². The van der Waals surface area contributed by atoms with Crippen molar-refractivity contribution in [2.24, 2.45) is 0 Å². The van der Waals surface area contributed by atoms with Crippen LogP contribution in [0.1, 0.15) is 16.1 Å². The van der Waals surface area contributed by atoms with Gasteiger partial charge >= 0.3 is 0 Å². The van der Waals surface area contributed by atoms with E-state index in [4.69, 9.17) is 4.74 Å². The van der Waals surface area contributed by atoms with Crippen LogP contribution in [0.25, 0.3) is 10.8 Å². The number of H-pyrrole nitrogens is 1. The maximum Gasteiger partial charge on any atom is 0.268 e. The van der Waals surface area contributed by atoms with Gasteiger partial charge < -0.3 is 15.0 Å². The lowest BCUT2D eigenvalue weighted by atomic mass is 10.1. The first kappa shape index (κ1) is 14.8. The first-order valence-electron chi connectivity index (χ1n) is 7.20. The number of nitrogens with one attached hydrogen (secondary N) is 2. The molecule has 0 saturated carbocycles. The third kappa shape index (κ3) is 3.23. The number of fused-ring (bicyclic) bond motifs is 1. The first-order chi connectivity index (χ1) is 11.2. The SMILES string of the molecule is COc1ccc(CNC(=O)c2cc3ccccc3c(=O)[nH]2)cc1. The molecule has 0 atom stereocenters. The van der Waals surface area contributed by atoms with Crippen LogP contribution in [0.4, 0.5) is 0 Å². The Bertz CT molecular complexity index is 898. The molecule has 0 saturated heterocycles. The van der Waals surface area contributed by atoms with Gasteiger partial charge in [-0.25, -0.2) is 0 Å². The highest BCUT2D eigenvalue weighted by Crippen LogP contribution is 2.12. The predicted molar refractivity (Wildman–Crippen MR) is 88.7 cm³/mol. The van der Waals surface area contributed by atoms with Crippen molar-refractivity contribution < 1.29 is 9.53 Å². The van der Waals surface area contributed by atoms with Crippen molar-refractivity contribution in [3.8, 4) is 5.75 Å². The standard InChI is InChI=1S/C18H16N2O3/c1-23-14-8-6-12(7-9-14)11-19-18(22)16-10-13-4-2-3-5-15(13)17(21)20-16/h2-10H,11H2,1H3,(H,19,22)(H,20,21). The minimum absolute atomic E-state index is 0.252. The monoisotopic (exact) mass is 308 g/mol. The molecule has 0 radical (unpaired) electrons. The average Bonchev–Trinajstić information content (AvgIpc) is 2.60. The Kier molecular flexibility index (Phi) is 4.10. The highest BCUT2D eigenvalue weighted by Gasteiger charge is 2.09. The van der Waals surface area contributed by atoms with Gasteiger partial charge in [-0.3, -0.25) is 9.59 Å². The number of rotatable bonds is 4. The van der Waals surface area contributed by atoms with E-state index in [0.717, 1.165) is 16.7 Å². The molecule has 3 aromatic rings. The Morgan fingerprint density at radius 2 is 1.87 bits per heavy atom. The van der Waals surface area contributed by atoms with Gasteiger partial charge in [-0.1, -0.05) is 30.3 Å². The summed E-state index contributed by atoms with van der Waals surface area (Å²) in [5.41, 5.74) is 0.933. The maximum atomic E-state index is 12.2. The molecule has 1 heterocycles. The number of hydrogen-bond acceptors (Lipinski definition) is 3. The van der Waals surface area contributed by atoms with E-state index in [-0.39, 0.29) is 17.2 Å². The summed E-state index contributed by atoms with van der Waals surface area (Å²) in [7, 11) is 1.60. The normalized spacial score (nSPS) is 10.5. The van der Waals surface area contributed by atoms with Crippen molar-refractivity contribution in [1.82, 2.24) is 10.3 Å². The van der Waals surface area contributed by atoms with Crippen LogP contribution in [0.15, 0.2) is 59.4 Å². The summed E-state index contributed by atoms with van der Waals surface area (Å²) in [6.07, 6.45) is 0. The van der Waals surface area contributed by atoms with Crippen LogP contribution in [0.3, 0.4) is 0 Å². The summed E-state index contributed by atoms with van der Waals surface area (Å²) in [4.78, 5) is 26.8. The maximum absolute atomic E-state index is 12.2. The molecule has 23 heavy (non-hydrogen) atoms. The van der Waals surface area contributed by atoms with Crippen LogP contribution < -0.4 is 15.6 Å². The van der Waals surface area contributed by atoms with Gasteiger partial charge in [0.2, 0.25) is 0 Å². The lowest BCUT2D eigenvalue weighted by Crippen LogP contribution is -2.26. The number of aromatic amines is 1. The Morgan fingerprint density at radius 1 is 1.13 bits per heavy atom. The minimum Gasteiger partial charge on any atom is -0.497 e. The largest absolute Gasteiger partial charge is 0.497 e. The second-order valence-corrected chi connectivity index (χ2v) is 5.13. The summed E-state index contributed by atoms with van der Waals surface area (Å²) in [6, 6.07) is 16.3. The van der Waals surface area contributed by atoms with Crippen LogP contribution >= 0.6 is 0 Å². The van der Waals surface area contributed by atoms with E-state index in [1.807, 2.05) is 36.4 Å². The minimum atomic E-state index is -0.316. The number of aromatic nitrogens is 1. The Hall–Kier alpha value is -3.08. The van der Waals surface area contributed by atoms with Crippen LogP contribution in [-0.4, -0.2) is 18.0 Å². The number of benzene rings is 2. The first-order valence-corrected chi connectivity index (χ1v) is 7.20. The smallest absolute Gasteiger partial charge is 0.268 e. The Morgan fingerprint density at radius 3 is 2.61 bits per heavy atom. The van der Waals surface area contributed by atoms with Gasteiger partial charge in [0, 0.05) is 11.9 Å². The van der Waals surface area contributed by atoms with E-state index in [1.165, 1.54) is 0 Å². The van der Waals surface area contributed by atoms with Crippen molar-refractivity contribution >= 4 is 16.7 Å². The summed E-state index contributed by atoms with van der Waals surface area (Å²) in [5, 5.41) is 4.10. The molecular formula is C18H16N2O3. The van der Waals surface area contributed by atoms with Crippen LogP contribution in [0.5, 0.6) is 5.75 Å². The van der Waals surface area contributed by atoms with E-state index in [9.17, 15) is 9.59 Å².